The number of carbonyl (C=O) groups is 1. The molecule has 0 bridgehead atoms. The van der Waals surface area contributed by atoms with Crippen molar-refractivity contribution in [2.24, 2.45) is 0 Å². The van der Waals surface area contributed by atoms with E-state index in [-0.39, 0.29) is 0 Å². The molecule has 0 aliphatic carbocycles. The second-order valence-electron chi connectivity index (χ2n) is 4.46. The van der Waals surface area contributed by atoms with E-state index < -0.39 is 0 Å². The number of morpholine rings is 1. The molecule has 1 saturated heterocycles. The number of rotatable bonds is 4. The van der Waals surface area contributed by atoms with Gasteiger partial charge in [0.1, 0.15) is 0 Å². The first kappa shape index (κ1) is 12.7. The molecule has 0 radical (unpaired) electrons. The fraction of sp³-hybridized carbons (Fsp3) is 0.286. The number of carbonyl (C=O) groups excluding carboxylic acids is 1. The third-order valence-electron chi connectivity index (χ3n) is 3.28. The van der Waals surface area contributed by atoms with Gasteiger partial charge < -0.3 is 19.4 Å². The number of nitrogens with zero attached hydrogens (tertiary/aromatic N) is 2. The minimum Gasteiger partial charge on any atom is -0.444 e. The molecule has 1 fully saturated rings. The molecule has 2 heterocycles. The number of benzene rings is 1. The number of oxazole rings is 1. The summed E-state index contributed by atoms with van der Waals surface area (Å²) in [5, 5.41) is 2.75. The van der Waals surface area contributed by atoms with Gasteiger partial charge >= 0.3 is 0 Å². The van der Waals surface area contributed by atoms with E-state index in [4.69, 9.17) is 9.15 Å². The second-order valence-corrected chi connectivity index (χ2v) is 4.46. The van der Waals surface area contributed by atoms with Crippen molar-refractivity contribution in [2.75, 3.05) is 36.5 Å². The highest BCUT2D eigenvalue weighted by molar-refractivity contribution is 5.84. The summed E-state index contributed by atoms with van der Waals surface area (Å²) in [6.45, 7) is 3.03. The maximum absolute atomic E-state index is 10.8. The smallest absolute Gasteiger partial charge is 0.211 e. The molecule has 6 nitrogen and oxygen atoms in total. The lowest BCUT2D eigenvalue weighted by Crippen LogP contribution is -2.36. The van der Waals surface area contributed by atoms with Crippen molar-refractivity contribution in [1.82, 2.24) is 4.98 Å². The summed E-state index contributed by atoms with van der Waals surface area (Å²) in [4.78, 5) is 16.9. The Morgan fingerprint density at radius 3 is 2.85 bits per heavy atom. The zero-order valence-electron chi connectivity index (χ0n) is 10.9. The van der Waals surface area contributed by atoms with Crippen LogP contribution in [0, 0.1) is 0 Å². The van der Waals surface area contributed by atoms with Crippen LogP contribution in [-0.2, 0) is 9.53 Å². The molecule has 1 aromatic carbocycles. The van der Waals surface area contributed by atoms with Crippen molar-refractivity contribution in [3.63, 3.8) is 0 Å². The number of aromatic nitrogens is 1. The Morgan fingerprint density at radius 2 is 2.15 bits per heavy atom. The number of hydrogen-bond acceptors (Lipinski definition) is 5. The van der Waals surface area contributed by atoms with Gasteiger partial charge in [-0.05, 0) is 18.2 Å². The Morgan fingerprint density at radius 1 is 1.30 bits per heavy atom. The van der Waals surface area contributed by atoms with Gasteiger partial charge in [0.15, 0.2) is 12.2 Å². The van der Waals surface area contributed by atoms with E-state index in [1.165, 1.54) is 6.39 Å². The second kappa shape index (κ2) is 5.75. The highest BCUT2D eigenvalue weighted by atomic mass is 16.5. The molecular weight excluding hydrogens is 258 g/mol. The molecule has 1 amide bonds. The minimum atomic E-state index is 0.674. The summed E-state index contributed by atoms with van der Waals surface area (Å²) in [7, 11) is 0. The highest BCUT2D eigenvalue weighted by Crippen LogP contribution is 2.31. The van der Waals surface area contributed by atoms with Crippen LogP contribution in [0.5, 0.6) is 0 Å². The summed E-state index contributed by atoms with van der Waals surface area (Å²) in [6.07, 6.45) is 3.72. The number of amides is 1. The molecule has 1 aromatic heterocycles. The van der Waals surface area contributed by atoms with Crippen LogP contribution in [0.3, 0.4) is 0 Å². The molecule has 1 N–H and O–H groups in total. The summed E-state index contributed by atoms with van der Waals surface area (Å²) in [5.74, 6) is 0.674. The topological polar surface area (TPSA) is 67.6 Å². The molecule has 0 saturated carbocycles. The highest BCUT2D eigenvalue weighted by Gasteiger charge is 2.16. The Hall–Kier alpha value is -2.34. The zero-order valence-corrected chi connectivity index (χ0v) is 10.9. The fourth-order valence-corrected chi connectivity index (χ4v) is 2.31. The van der Waals surface area contributed by atoms with Gasteiger partial charge in [-0.3, -0.25) is 4.79 Å². The van der Waals surface area contributed by atoms with Crippen molar-refractivity contribution in [2.45, 2.75) is 0 Å². The molecule has 3 rings (SSSR count). The standard InChI is InChI=1S/C14H15N3O3/c18-9-16-12-7-11(14-8-15-10-20-14)1-2-13(12)17-3-5-19-6-4-17/h1-2,7-10H,3-6H2,(H,16,18). The van der Waals surface area contributed by atoms with Crippen molar-refractivity contribution >= 4 is 17.8 Å². The van der Waals surface area contributed by atoms with Gasteiger partial charge in [0.25, 0.3) is 0 Å². The van der Waals surface area contributed by atoms with E-state index in [0.29, 0.717) is 25.4 Å². The SMILES string of the molecule is O=CNc1cc(-c2cnco2)ccc1N1CCOCC1. The van der Waals surface area contributed by atoms with Crippen molar-refractivity contribution in [3.8, 4) is 11.3 Å². The van der Waals surface area contributed by atoms with Gasteiger partial charge in [0, 0.05) is 18.7 Å². The van der Waals surface area contributed by atoms with E-state index in [0.717, 1.165) is 30.0 Å². The normalized spacial score (nSPS) is 15.1. The van der Waals surface area contributed by atoms with Crippen LogP contribution in [0.15, 0.2) is 35.2 Å². The molecule has 0 atom stereocenters. The van der Waals surface area contributed by atoms with Crippen LogP contribution in [0.2, 0.25) is 0 Å². The lowest BCUT2D eigenvalue weighted by molar-refractivity contribution is -0.105. The lowest BCUT2D eigenvalue weighted by Gasteiger charge is -2.30. The molecule has 0 spiro atoms. The maximum Gasteiger partial charge on any atom is 0.211 e. The number of nitrogens with one attached hydrogen (secondary N) is 1. The quantitative estimate of drug-likeness (QED) is 0.859. The third-order valence-corrected chi connectivity index (χ3v) is 3.28. The summed E-state index contributed by atoms with van der Waals surface area (Å²) in [6, 6.07) is 5.83. The summed E-state index contributed by atoms with van der Waals surface area (Å²) < 4.78 is 10.6. The van der Waals surface area contributed by atoms with E-state index in [1.54, 1.807) is 6.20 Å². The summed E-state index contributed by atoms with van der Waals surface area (Å²) in [5.41, 5.74) is 2.63. The van der Waals surface area contributed by atoms with Crippen LogP contribution in [0.1, 0.15) is 0 Å². The number of ether oxygens (including phenoxy) is 1. The first-order valence-corrected chi connectivity index (χ1v) is 6.44. The average Bonchev–Trinajstić information content (AvgIpc) is 3.03. The van der Waals surface area contributed by atoms with Gasteiger partial charge in [-0.15, -0.1) is 0 Å². The molecule has 1 aliphatic rings. The molecule has 6 heteroatoms. The average molecular weight is 273 g/mol. The Balaban J connectivity index is 1.95. The van der Waals surface area contributed by atoms with Gasteiger partial charge in [-0.1, -0.05) is 0 Å². The van der Waals surface area contributed by atoms with Crippen LogP contribution in [0.4, 0.5) is 11.4 Å². The fourth-order valence-electron chi connectivity index (χ4n) is 2.31. The maximum atomic E-state index is 10.8. The third kappa shape index (κ3) is 2.50. The van der Waals surface area contributed by atoms with Crippen LogP contribution in [-0.4, -0.2) is 37.7 Å². The molecule has 1 aliphatic heterocycles. The molecule has 104 valence electrons. The van der Waals surface area contributed by atoms with Crippen molar-refractivity contribution < 1.29 is 13.9 Å². The molecule has 20 heavy (non-hydrogen) atoms. The largest absolute Gasteiger partial charge is 0.444 e. The monoisotopic (exact) mass is 273 g/mol. The van der Waals surface area contributed by atoms with Crippen LogP contribution < -0.4 is 10.2 Å². The van der Waals surface area contributed by atoms with Crippen LogP contribution >= 0.6 is 0 Å². The van der Waals surface area contributed by atoms with Gasteiger partial charge in [-0.25, -0.2) is 4.98 Å². The molecular formula is C14H15N3O3. The van der Waals surface area contributed by atoms with E-state index in [1.807, 2.05) is 18.2 Å². The number of hydrogen-bond donors (Lipinski definition) is 1. The lowest BCUT2D eigenvalue weighted by atomic mass is 10.1. The van der Waals surface area contributed by atoms with E-state index >= 15 is 0 Å². The zero-order chi connectivity index (χ0) is 13.8. The predicted octanol–water partition coefficient (Wildman–Crippen LogP) is 1.75. The van der Waals surface area contributed by atoms with Gasteiger partial charge in [-0.2, -0.15) is 0 Å². The van der Waals surface area contributed by atoms with Gasteiger partial charge in [0.05, 0.1) is 30.8 Å². The minimum absolute atomic E-state index is 0.674. The Bertz CT molecular complexity index is 577. The first-order chi connectivity index (χ1) is 9.88. The molecule has 2 aromatic rings. The van der Waals surface area contributed by atoms with E-state index in [9.17, 15) is 4.79 Å². The Labute approximate surface area is 116 Å². The van der Waals surface area contributed by atoms with Crippen molar-refractivity contribution in [1.29, 1.82) is 0 Å². The number of anilines is 2. The van der Waals surface area contributed by atoms with Crippen molar-refractivity contribution in [3.05, 3.63) is 30.8 Å². The predicted molar refractivity (Wildman–Crippen MR) is 74.7 cm³/mol. The van der Waals surface area contributed by atoms with Crippen LogP contribution in [0.25, 0.3) is 11.3 Å². The van der Waals surface area contributed by atoms with E-state index in [2.05, 4.69) is 15.2 Å². The first-order valence-electron chi connectivity index (χ1n) is 6.44. The molecule has 0 unspecified atom stereocenters. The Kier molecular flexibility index (Phi) is 3.64. The summed E-state index contributed by atoms with van der Waals surface area (Å²) >= 11 is 0. The van der Waals surface area contributed by atoms with Gasteiger partial charge in [0.2, 0.25) is 6.41 Å².